The summed E-state index contributed by atoms with van der Waals surface area (Å²) in [5.41, 5.74) is 1.13. The van der Waals surface area contributed by atoms with Gasteiger partial charge in [-0.1, -0.05) is 30.3 Å². The normalized spacial score (nSPS) is 17.7. The second-order valence-corrected chi connectivity index (χ2v) is 11.8. The lowest BCUT2D eigenvalue weighted by Crippen LogP contribution is -2.48. The number of aromatic amines is 1. The predicted octanol–water partition coefficient (Wildman–Crippen LogP) is 3.13. The maximum absolute atomic E-state index is 13.2. The summed E-state index contributed by atoms with van der Waals surface area (Å²) in [6, 6.07) is 13.1. The largest absolute Gasteiger partial charge is 0.309 e. The van der Waals surface area contributed by atoms with Crippen LogP contribution in [0.15, 0.2) is 52.2 Å². The highest BCUT2D eigenvalue weighted by Gasteiger charge is 2.29. The first kappa shape index (κ1) is 21.0. The predicted molar refractivity (Wildman–Crippen MR) is 130 cm³/mol. The van der Waals surface area contributed by atoms with Crippen LogP contribution in [0.3, 0.4) is 0 Å². The third-order valence-corrected chi connectivity index (χ3v) is 9.77. The van der Waals surface area contributed by atoms with Crippen LogP contribution in [0.25, 0.3) is 21.0 Å². The lowest BCUT2D eigenvalue weighted by Gasteiger charge is -2.33. The molecule has 1 N–H and O–H groups in total. The Morgan fingerprint density at radius 3 is 2.61 bits per heavy atom. The maximum Gasteiger partial charge on any atom is 0.259 e. The van der Waals surface area contributed by atoms with Crippen LogP contribution in [0.1, 0.15) is 22.7 Å². The highest BCUT2D eigenvalue weighted by atomic mass is 32.2. The molecule has 1 saturated heterocycles. The zero-order chi connectivity index (χ0) is 22.6. The van der Waals surface area contributed by atoms with Crippen molar-refractivity contribution in [2.24, 2.45) is 0 Å². The van der Waals surface area contributed by atoms with E-state index in [2.05, 4.69) is 9.88 Å². The number of piperazine rings is 1. The van der Waals surface area contributed by atoms with Crippen molar-refractivity contribution in [3.63, 3.8) is 0 Å². The summed E-state index contributed by atoms with van der Waals surface area (Å²) in [6.07, 6.45) is 3.12. The average molecular weight is 481 g/mol. The van der Waals surface area contributed by atoms with Crippen LogP contribution >= 0.6 is 11.3 Å². The van der Waals surface area contributed by atoms with Crippen molar-refractivity contribution in [1.82, 2.24) is 19.2 Å². The quantitative estimate of drug-likeness (QED) is 0.485. The van der Waals surface area contributed by atoms with Gasteiger partial charge >= 0.3 is 0 Å². The van der Waals surface area contributed by atoms with Crippen LogP contribution in [0.4, 0.5) is 0 Å². The van der Waals surface area contributed by atoms with Crippen LogP contribution in [0.5, 0.6) is 0 Å². The molecular formula is C24H24N4O3S2. The monoisotopic (exact) mass is 480 g/mol. The summed E-state index contributed by atoms with van der Waals surface area (Å²) < 4.78 is 28.0. The lowest BCUT2D eigenvalue weighted by molar-refractivity contribution is 0.178. The molecule has 6 rings (SSSR count). The minimum absolute atomic E-state index is 0.0492. The zero-order valence-corrected chi connectivity index (χ0v) is 19.7. The molecule has 0 saturated carbocycles. The second kappa shape index (κ2) is 8.02. The van der Waals surface area contributed by atoms with Crippen molar-refractivity contribution in [3.8, 4) is 0 Å². The van der Waals surface area contributed by atoms with E-state index in [9.17, 15) is 13.2 Å². The second-order valence-electron chi connectivity index (χ2n) is 8.74. The van der Waals surface area contributed by atoms with Crippen LogP contribution in [0, 0.1) is 0 Å². The van der Waals surface area contributed by atoms with E-state index in [1.54, 1.807) is 27.8 Å². The van der Waals surface area contributed by atoms with E-state index in [4.69, 9.17) is 4.98 Å². The Hall–Kier alpha value is -2.59. The van der Waals surface area contributed by atoms with E-state index in [-0.39, 0.29) is 5.56 Å². The van der Waals surface area contributed by atoms with Gasteiger partial charge in [-0.05, 0) is 47.7 Å². The molecule has 9 heteroatoms. The minimum atomic E-state index is -3.55. The summed E-state index contributed by atoms with van der Waals surface area (Å²) in [5.74, 6) is 0.651. The molecule has 1 aliphatic carbocycles. The molecule has 0 spiro atoms. The molecule has 0 amide bonds. The van der Waals surface area contributed by atoms with Gasteiger partial charge in [0.1, 0.15) is 10.7 Å². The number of aromatic nitrogens is 2. The average Bonchev–Trinajstić information content (AvgIpc) is 3.40. The van der Waals surface area contributed by atoms with Crippen molar-refractivity contribution >= 4 is 42.3 Å². The molecular weight excluding hydrogens is 456 g/mol. The Morgan fingerprint density at radius 1 is 1.00 bits per heavy atom. The standard InChI is InChI=1S/C24H24N4O3S2/c29-23-22-19-6-3-7-20(19)32-24(22)26-21(25-23)15-27-10-12-28(13-11-27)33(30,31)18-9-8-16-4-1-2-5-17(16)14-18/h1-2,4-5,8-9,14H,3,6-7,10-13,15H2,(H,25,26,29). The van der Waals surface area contributed by atoms with Gasteiger partial charge in [-0.25, -0.2) is 13.4 Å². The zero-order valence-electron chi connectivity index (χ0n) is 18.1. The fraction of sp³-hybridized carbons (Fsp3) is 0.333. The number of benzene rings is 2. The van der Waals surface area contributed by atoms with Crippen LogP contribution in [-0.2, 0) is 29.4 Å². The number of rotatable bonds is 4. The summed E-state index contributed by atoms with van der Waals surface area (Å²) in [6.45, 7) is 2.52. The van der Waals surface area contributed by atoms with Crippen LogP contribution in [-0.4, -0.2) is 53.8 Å². The van der Waals surface area contributed by atoms with Crippen molar-refractivity contribution in [2.75, 3.05) is 26.2 Å². The van der Waals surface area contributed by atoms with E-state index in [1.165, 1.54) is 10.4 Å². The van der Waals surface area contributed by atoms with Crippen LogP contribution in [0.2, 0.25) is 0 Å². The topological polar surface area (TPSA) is 86.4 Å². The number of H-pyrrole nitrogens is 1. The molecule has 7 nitrogen and oxygen atoms in total. The number of fused-ring (bicyclic) bond motifs is 4. The lowest BCUT2D eigenvalue weighted by atomic mass is 10.1. The van der Waals surface area contributed by atoms with Gasteiger partial charge in [0.2, 0.25) is 10.0 Å². The number of hydrogen-bond donors (Lipinski definition) is 1. The van der Waals surface area contributed by atoms with Crippen molar-refractivity contribution in [3.05, 3.63) is 69.1 Å². The summed E-state index contributed by atoms with van der Waals surface area (Å²) in [5, 5.41) is 2.71. The number of hydrogen-bond acceptors (Lipinski definition) is 6. The molecule has 3 heterocycles. The van der Waals surface area contributed by atoms with Gasteiger partial charge in [0.05, 0.1) is 16.8 Å². The van der Waals surface area contributed by atoms with E-state index >= 15 is 0 Å². The molecule has 33 heavy (non-hydrogen) atoms. The van der Waals surface area contributed by atoms with Crippen molar-refractivity contribution in [1.29, 1.82) is 0 Å². The third-order valence-electron chi connectivity index (χ3n) is 6.69. The molecule has 2 aromatic heterocycles. The van der Waals surface area contributed by atoms with E-state index in [1.807, 2.05) is 30.3 Å². The molecule has 4 aromatic rings. The molecule has 0 atom stereocenters. The first-order valence-electron chi connectivity index (χ1n) is 11.2. The molecule has 0 radical (unpaired) electrons. The summed E-state index contributed by atoms with van der Waals surface area (Å²) >= 11 is 1.64. The smallest absolute Gasteiger partial charge is 0.259 e. The highest BCUT2D eigenvalue weighted by Crippen LogP contribution is 2.34. The van der Waals surface area contributed by atoms with E-state index in [0.29, 0.717) is 43.4 Å². The summed E-state index contributed by atoms with van der Waals surface area (Å²) in [7, 11) is -3.55. The van der Waals surface area contributed by atoms with Crippen molar-refractivity contribution < 1.29 is 8.42 Å². The maximum atomic E-state index is 13.2. The Morgan fingerprint density at radius 2 is 1.79 bits per heavy atom. The van der Waals surface area contributed by atoms with Crippen LogP contribution < -0.4 is 5.56 Å². The third kappa shape index (κ3) is 3.69. The molecule has 0 bridgehead atoms. The number of aryl methyl sites for hydroxylation is 2. The van der Waals surface area contributed by atoms with Gasteiger partial charge in [0.15, 0.2) is 0 Å². The Balaban J connectivity index is 1.17. The van der Waals surface area contributed by atoms with Gasteiger partial charge in [-0.2, -0.15) is 4.31 Å². The molecule has 0 unspecified atom stereocenters. The Kier molecular flexibility index (Phi) is 5.10. The fourth-order valence-corrected chi connectivity index (χ4v) is 7.68. The molecule has 1 aliphatic heterocycles. The first-order chi connectivity index (χ1) is 16.0. The summed E-state index contributed by atoms with van der Waals surface area (Å²) in [4.78, 5) is 25.0. The number of thiophene rings is 1. The Labute approximate surface area is 195 Å². The highest BCUT2D eigenvalue weighted by molar-refractivity contribution is 7.89. The van der Waals surface area contributed by atoms with Gasteiger partial charge in [-0.15, -0.1) is 11.3 Å². The first-order valence-corrected chi connectivity index (χ1v) is 13.5. The SMILES string of the molecule is O=c1[nH]c(CN2CCN(S(=O)(=O)c3ccc4ccccc4c3)CC2)nc2sc3c(c12)CCC3. The van der Waals surface area contributed by atoms with E-state index in [0.717, 1.165) is 40.3 Å². The van der Waals surface area contributed by atoms with Gasteiger partial charge < -0.3 is 4.98 Å². The molecule has 2 aromatic carbocycles. The number of sulfonamides is 1. The molecule has 1 fully saturated rings. The molecule has 2 aliphatic rings. The fourth-order valence-electron chi connectivity index (χ4n) is 4.94. The Bertz CT molecular complexity index is 1530. The molecule has 170 valence electrons. The number of nitrogens with zero attached hydrogens (tertiary/aromatic N) is 3. The van der Waals surface area contributed by atoms with Crippen molar-refractivity contribution in [2.45, 2.75) is 30.7 Å². The van der Waals surface area contributed by atoms with E-state index < -0.39 is 10.0 Å². The van der Waals surface area contributed by atoms with Gasteiger partial charge in [-0.3, -0.25) is 9.69 Å². The minimum Gasteiger partial charge on any atom is -0.309 e. The van der Waals surface area contributed by atoms with Gasteiger partial charge in [0.25, 0.3) is 5.56 Å². The van der Waals surface area contributed by atoms with Gasteiger partial charge in [0, 0.05) is 31.1 Å². The number of nitrogens with one attached hydrogen (secondary N) is 1.